The molecule has 1 aromatic rings. The second-order valence-corrected chi connectivity index (χ2v) is 4.28. The molecule has 0 aromatic heterocycles. The molecule has 4 heteroatoms. The van der Waals surface area contributed by atoms with Crippen LogP contribution in [-0.4, -0.2) is 6.66 Å². The molecular weight excluding hydrogens is 169 g/mol. The molecule has 0 aliphatic rings. The zero-order chi connectivity index (χ0) is 9.14. The molecule has 12 heavy (non-hydrogen) atoms. The molecule has 0 saturated heterocycles. The van der Waals surface area contributed by atoms with Crippen molar-refractivity contribution < 1.29 is 0 Å². The smallest absolute Gasteiger partial charge is 0.0918 e. The van der Waals surface area contributed by atoms with Crippen molar-refractivity contribution in [2.45, 2.75) is 0 Å². The number of nitriles is 1. The maximum Gasteiger partial charge on any atom is 0.0918 e. The van der Waals surface area contributed by atoms with Crippen LogP contribution in [0.1, 0.15) is 0 Å². The lowest BCUT2D eigenvalue weighted by molar-refractivity contribution is 1.56. The van der Waals surface area contributed by atoms with Gasteiger partial charge in [0.05, 0.1) is 5.81 Å². The van der Waals surface area contributed by atoms with Crippen LogP contribution in [0.3, 0.4) is 0 Å². The summed E-state index contributed by atoms with van der Waals surface area (Å²) in [5.74, 6) is 2.18. The van der Waals surface area contributed by atoms with Gasteiger partial charge in [0.2, 0.25) is 0 Å². The number of rotatable bonds is 1. The van der Waals surface area contributed by atoms with Crippen LogP contribution >= 0.6 is 7.92 Å². The monoisotopic (exact) mass is 179 g/mol. The fourth-order valence-corrected chi connectivity index (χ4v) is 1.82. The Morgan fingerprint density at radius 3 is 2.67 bits per heavy atom. The van der Waals surface area contributed by atoms with Crippen molar-refractivity contribution in [3.05, 3.63) is 18.2 Å². The third-order valence-electron chi connectivity index (χ3n) is 1.57. The van der Waals surface area contributed by atoms with Crippen molar-refractivity contribution in [2.75, 3.05) is 18.1 Å². The highest BCUT2D eigenvalue weighted by Crippen LogP contribution is 2.30. The summed E-state index contributed by atoms with van der Waals surface area (Å²) in [6, 6.07) is 5.24. The fraction of sp³-hybridized carbons (Fsp3) is 0.125. The van der Waals surface area contributed by atoms with Crippen molar-refractivity contribution in [3.8, 4) is 5.81 Å². The summed E-state index contributed by atoms with van der Waals surface area (Å²) in [5, 5.41) is 9.55. The number of nitrogens with two attached hydrogens (primary N) is 2. The summed E-state index contributed by atoms with van der Waals surface area (Å²) in [6.45, 7) is 1.86. The second-order valence-electron chi connectivity index (χ2n) is 2.48. The first kappa shape index (κ1) is 8.83. The van der Waals surface area contributed by atoms with Gasteiger partial charge in [-0.2, -0.15) is 5.26 Å². The van der Waals surface area contributed by atoms with Crippen molar-refractivity contribution >= 4 is 24.6 Å². The molecule has 0 radical (unpaired) electrons. The van der Waals surface area contributed by atoms with Crippen LogP contribution in [0.2, 0.25) is 0 Å². The molecule has 4 N–H and O–H groups in total. The van der Waals surface area contributed by atoms with Gasteiger partial charge in [-0.3, -0.25) is 0 Å². The van der Waals surface area contributed by atoms with Gasteiger partial charge in [-0.1, -0.05) is 0 Å². The maximum absolute atomic E-state index is 8.69. The fourth-order valence-electron chi connectivity index (χ4n) is 0.905. The predicted molar refractivity (Wildman–Crippen MR) is 53.4 cm³/mol. The van der Waals surface area contributed by atoms with Crippen molar-refractivity contribution in [1.82, 2.24) is 0 Å². The molecule has 3 nitrogen and oxygen atoms in total. The topological polar surface area (TPSA) is 75.8 Å². The number of benzene rings is 1. The average molecular weight is 179 g/mol. The van der Waals surface area contributed by atoms with Crippen LogP contribution in [0.15, 0.2) is 18.2 Å². The molecule has 0 fully saturated rings. The largest absolute Gasteiger partial charge is 0.399 e. The van der Waals surface area contributed by atoms with Gasteiger partial charge in [0.15, 0.2) is 0 Å². The normalized spacial score (nSPS) is 12.0. The minimum Gasteiger partial charge on any atom is -0.399 e. The second kappa shape index (κ2) is 3.42. The molecule has 0 aliphatic carbocycles. The highest BCUT2D eigenvalue weighted by molar-refractivity contribution is 7.69. The first-order valence-corrected chi connectivity index (χ1v) is 5.22. The van der Waals surface area contributed by atoms with Crippen LogP contribution in [0, 0.1) is 11.1 Å². The summed E-state index contributed by atoms with van der Waals surface area (Å²) >= 11 is 0. The van der Waals surface area contributed by atoms with Gasteiger partial charge in [0.1, 0.15) is 0 Å². The third kappa shape index (κ3) is 1.66. The minimum atomic E-state index is -0.810. The molecule has 0 bridgehead atoms. The summed E-state index contributed by atoms with van der Waals surface area (Å²) in [6.07, 6.45) is 0. The van der Waals surface area contributed by atoms with E-state index < -0.39 is 7.92 Å². The van der Waals surface area contributed by atoms with Gasteiger partial charge in [-0.05, 0) is 24.9 Å². The number of hydrogen-bond acceptors (Lipinski definition) is 3. The van der Waals surface area contributed by atoms with Crippen LogP contribution in [0.25, 0.3) is 0 Å². The van der Waals surface area contributed by atoms with E-state index in [-0.39, 0.29) is 0 Å². The van der Waals surface area contributed by atoms with Crippen molar-refractivity contribution in [1.29, 1.82) is 5.26 Å². The van der Waals surface area contributed by atoms with Gasteiger partial charge in [0, 0.05) is 24.6 Å². The Morgan fingerprint density at radius 2 is 2.08 bits per heavy atom. The number of nitrogens with zero attached hydrogens (tertiary/aromatic N) is 1. The summed E-state index contributed by atoms with van der Waals surface area (Å²) in [5.41, 5.74) is 12.5. The lowest BCUT2D eigenvalue weighted by Gasteiger charge is -2.07. The Balaban J connectivity index is 3.15. The van der Waals surface area contributed by atoms with E-state index in [1.165, 1.54) is 0 Å². The standard InChI is InChI=1S/C8H10N3P/c1-12(5-9)8-4-6(10)2-3-7(8)11/h2-4H,10-11H2,1H3. The molecule has 1 unspecified atom stereocenters. The molecule has 0 spiro atoms. The van der Waals surface area contributed by atoms with Crippen LogP contribution in [0.4, 0.5) is 11.4 Å². The first-order valence-electron chi connectivity index (χ1n) is 3.43. The van der Waals surface area contributed by atoms with Crippen LogP contribution < -0.4 is 16.8 Å². The van der Waals surface area contributed by atoms with Gasteiger partial charge in [0.25, 0.3) is 0 Å². The van der Waals surface area contributed by atoms with Gasteiger partial charge >= 0.3 is 0 Å². The van der Waals surface area contributed by atoms with Crippen molar-refractivity contribution in [3.63, 3.8) is 0 Å². The minimum absolute atomic E-state index is 0.652. The van der Waals surface area contributed by atoms with Crippen LogP contribution in [0.5, 0.6) is 0 Å². The Hall–Kier alpha value is -1.26. The van der Waals surface area contributed by atoms with E-state index in [0.717, 1.165) is 5.30 Å². The Labute approximate surface area is 72.7 Å². The Morgan fingerprint density at radius 1 is 1.42 bits per heavy atom. The van der Waals surface area contributed by atoms with Crippen LogP contribution in [-0.2, 0) is 0 Å². The van der Waals surface area contributed by atoms with E-state index in [4.69, 9.17) is 16.7 Å². The quantitative estimate of drug-likeness (QED) is 0.500. The Kier molecular flexibility index (Phi) is 2.52. The highest BCUT2D eigenvalue weighted by Gasteiger charge is 2.07. The van der Waals surface area contributed by atoms with E-state index in [2.05, 4.69) is 5.81 Å². The lowest BCUT2D eigenvalue weighted by atomic mass is 10.3. The maximum atomic E-state index is 8.69. The summed E-state index contributed by atoms with van der Waals surface area (Å²) in [4.78, 5) is 0. The molecule has 62 valence electrons. The Bertz CT molecular complexity index is 330. The van der Waals surface area contributed by atoms with E-state index in [9.17, 15) is 0 Å². The summed E-state index contributed by atoms with van der Waals surface area (Å²) in [7, 11) is -0.810. The molecule has 0 heterocycles. The first-order chi connectivity index (χ1) is 5.65. The molecule has 1 rings (SSSR count). The SMILES string of the molecule is CP(C#N)c1cc(N)ccc1N. The highest BCUT2D eigenvalue weighted by atomic mass is 31.1. The van der Waals surface area contributed by atoms with Crippen molar-refractivity contribution in [2.24, 2.45) is 0 Å². The molecule has 0 saturated carbocycles. The lowest BCUT2D eigenvalue weighted by Crippen LogP contribution is -2.07. The third-order valence-corrected chi connectivity index (χ3v) is 2.98. The summed E-state index contributed by atoms with van der Waals surface area (Å²) < 4.78 is 0. The molecule has 0 aliphatic heterocycles. The van der Waals surface area contributed by atoms with Gasteiger partial charge in [-0.15, -0.1) is 0 Å². The molecule has 1 atom stereocenters. The van der Waals surface area contributed by atoms with E-state index >= 15 is 0 Å². The zero-order valence-corrected chi connectivity index (χ0v) is 7.68. The average Bonchev–Trinajstić information content (AvgIpc) is 2.08. The van der Waals surface area contributed by atoms with Gasteiger partial charge < -0.3 is 11.5 Å². The van der Waals surface area contributed by atoms with E-state index in [1.54, 1.807) is 18.2 Å². The predicted octanol–water partition coefficient (Wildman–Crippen LogP) is 1.07. The number of anilines is 2. The molecule has 0 amide bonds. The van der Waals surface area contributed by atoms with E-state index in [1.807, 2.05) is 6.66 Å². The molecular formula is C8H10N3P. The number of hydrogen-bond donors (Lipinski definition) is 2. The zero-order valence-electron chi connectivity index (χ0n) is 6.78. The number of nitrogen functional groups attached to an aromatic ring is 2. The van der Waals surface area contributed by atoms with E-state index in [0.29, 0.717) is 11.4 Å². The molecule has 1 aromatic carbocycles. The van der Waals surface area contributed by atoms with Gasteiger partial charge in [-0.25, -0.2) is 0 Å².